The number of hydrogen-bond acceptors (Lipinski definition) is 4. The van der Waals surface area contributed by atoms with E-state index in [2.05, 4.69) is 26.0 Å². The second kappa shape index (κ2) is 6.12. The van der Waals surface area contributed by atoms with E-state index < -0.39 is 0 Å². The van der Waals surface area contributed by atoms with Crippen LogP contribution >= 0.6 is 38.9 Å². The first-order chi connectivity index (χ1) is 11.6. The molecule has 2 aromatic carbocycles. The summed E-state index contributed by atoms with van der Waals surface area (Å²) in [6, 6.07) is 15.0. The Bertz CT molecular complexity index is 1150. The molecule has 0 bridgehead atoms. The van der Waals surface area contributed by atoms with Crippen LogP contribution in [-0.4, -0.2) is 14.6 Å². The fraction of sp³-hybridized carbons (Fsp3) is 0. The predicted molar refractivity (Wildman–Crippen MR) is 101 cm³/mol. The van der Waals surface area contributed by atoms with Crippen molar-refractivity contribution in [3.63, 3.8) is 0 Å². The molecule has 0 saturated heterocycles. The van der Waals surface area contributed by atoms with Crippen LogP contribution in [0.1, 0.15) is 5.56 Å². The Morgan fingerprint density at radius 3 is 2.67 bits per heavy atom. The molecule has 4 rings (SSSR count). The molecule has 4 nitrogen and oxygen atoms in total. The average Bonchev–Trinajstić information content (AvgIpc) is 3.09. The normalized spacial score (nSPS) is 12.2. The van der Waals surface area contributed by atoms with Crippen molar-refractivity contribution < 1.29 is 0 Å². The predicted octanol–water partition coefficient (Wildman–Crippen LogP) is 3.78. The number of benzene rings is 2. The van der Waals surface area contributed by atoms with Gasteiger partial charge in [0.25, 0.3) is 5.56 Å². The summed E-state index contributed by atoms with van der Waals surface area (Å²) < 4.78 is 2.91. The number of hydrogen-bond donors (Lipinski definition) is 0. The van der Waals surface area contributed by atoms with Crippen LogP contribution in [0.15, 0.2) is 57.8 Å². The highest BCUT2D eigenvalue weighted by molar-refractivity contribution is 9.10. The van der Waals surface area contributed by atoms with Crippen LogP contribution in [0.25, 0.3) is 22.4 Å². The Hall–Kier alpha value is -2.02. The Kier molecular flexibility index (Phi) is 3.96. The molecule has 24 heavy (non-hydrogen) atoms. The summed E-state index contributed by atoms with van der Waals surface area (Å²) in [5, 5.41) is 4.97. The highest BCUT2D eigenvalue weighted by atomic mass is 79.9. The third kappa shape index (κ3) is 2.88. The zero-order valence-corrected chi connectivity index (χ0v) is 15.3. The van der Waals surface area contributed by atoms with Crippen molar-refractivity contribution in [1.29, 1.82) is 0 Å². The van der Waals surface area contributed by atoms with Crippen LogP contribution in [-0.2, 0) is 0 Å². The minimum atomic E-state index is -0.164. The van der Waals surface area contributed by atoms with Crippen LogP contribution in [0.4, 0.5) is 0 Å². The van der Waals surface area contributed by atoms with Gasteiger partial charge in [0, 0.05) is 15.1 Å². The summed E-state index contributed by atoms with van der Waals surface area (Å²) in [4.78, 5) is 17.5. The maximum atomic E-state index is 12.5. The Balaban J connectivity index is 1.81. The molecule has 0 spiro atoms. The van der Waals surface area contributed by atoms with Crippen molar-refractivity contribution in [2.75, 3.05) is 0 Å². The summed E-state index contributed by atoms with van der Waals surface area (Å²) in [6.45, 7) is 0. The number of rotatable bonds is 2. The summed E-state index contributed by atoms with van der Waals surface area (Å²) in [5.41, 5.74) is 1.61. The first kappa shape index (κ1) is 15.5. The van der Waals surface area contributed by atoms with Crippen LogP contribution in [0, 0.1) is 0 Å². The molecule has 0 N–H and O–H groups in total. The van der Waals surface area contributed by atoms with E-state index in [0.29, 0.717) is 20.3 Å². The van der Waals surface area contributed by atoms with Gasteiger partial charge in [0.05, 0.1) is 4.53 Å². The van der Waals surface area contributed by atoms with Gasteiger partial charge in [-0.15, -0.1) is 5.10 Å². The van der Waals surface area contributed by atoms with Crippen LogP contribution in [0.2, 0.25) is 5.02 Å². The quantitative estimate of drug-likeness (QED) is 0.498. The lowest BCUT2D eigenvalue weighted by atomic mass is 10.2. The Labute approximate surface area is 154 Å². The summed E-state index contributed by atoms with van der Waals surface area (Å²) in [5.74, 6) is 0.518. The van der Waals surface area contributed by atoms with Crippen molar-refractivity contribution >= 4 is 49.9 Å². The van der Waals surface area contributed by atoms with E-state index in [1.54, 1.807) is 12.1 Å². The maximum absolute atomic E-state index is 12.5. The standard InChI is InChI=1S/C17H9BrClN3OS/c18-12-3-1-2-10(8-12)9-14-16(23)22-17(24-14)20-15(21-22)11-4-6-13(19)7-5-11/h1-9H/b14-9-. The number of nitrogens with zero attached hydrogens (tertiary/aromatic N) is 3. The zero-order chi connectivity index (χ0) is 16.7. The smallest absolute Gasteiger partial charge is 0.266 e. The summed E-state index contributed by atoms with van der Waals surface area (Å²) >= 11 is 10.6. The van der Waals surface area contributed by atoms with E-state index in [0.717, 1.165) is 15.6 Å². The third-order valence-corrected chi connectivity index (χ3v) is 5.14. The lowest BCUT2D eigenvalue weighted by Gasteiger charge is -1.94. The molecule has 7 heteroatoms. The monoisotopic (exact) mass is 417 g/mol. The number of fused-ring (bicyclic) bond motifs is 1. The van der Waals surface area contributed by atoms with Gasteiger partial charge < -0.3 is 0 Å². The lowest BCUT2D eigenvalue weighted by molar-refractivity contribution is 0.937. The van der Waals surface area contributed by atoms with Crippen LogP contribution < -0.4 is 10.1 Å². The number of thiazole rings is 1. The summed E-state index contributed by atoms with van der Waals surface area (Å²) in [6.07, 6.45) is 1.84. The molecule has 0 unspecified atom stereocenters. The van der Waals surface area contributed by atoms with Crippen LogP contribution in [0.5, 0.6) is 0 Å². The third-order valence-electron chi connectivity index (χ3n) is 3.43. The van der Waals surface area contributed by atoms with Crippen molar-refractivity contribution in [3.05, 3.63) is 78.5 Å². The van der Waals surface area contributed by atoms with Gasteiger partial charge in [-0.25, -0.2) is 0 Å². The average molecular weight is 419 g/mol. The SMILES string of the molecule is O=c1/c(=C/c2cccc(Br)c2)sc2nc(-c3ccc(Cl)cc3)nn12. The highest BCUT2D eigenvalue weighted by Crippen LogP contribution is 2.19. The fourth-order valence-electron chi connectivity index (χ4n) is 2.30. The molecule has 0 aliphatic rings. The van der Waals surface area contributed by atoms with Crippen molar-refractivity contribution in [2.45, 2.75) is 0 Å². The minimum absolute atomic E-state index is 0.164. The molecule has 118 valence electrons. The molecule has 0 amide bonds. The molecule has 0 saturated carbocycles. The Morgan fingerprint density at radius 2 is 1.96 bits per heavy atom. The van der Waals surface area contributed by atoms with Gasteiger partial charge in [0.1, 0.15) is 0 Å². The van der Waals surface area contributed by atoms with Gasteiger partial charge in [-0.2, -0.15) is 9.50 Å². The van der Waals surface area contributed by atoms with Gasteiger partial charge in [0.15, 0.2) is 5.82 Å². The molecular weight excluding hydrogens is 410 g/mol. The summed E-state index contributed by atoms with van der Waals surface area (Å²) in [7, 11) is 0. The second-order valence-corrected chi connectivity index (χ2v) is 7.47. The molecule has 0 radical (unpaired) electrons. The largest absolute Gasteiger partial charge is 0.291 e. The second-order valence-electron chi connectivity index (χ2n) is 5.11. The fourth-order valence-corrected chi connectivity index (χ4v) is 3.75. The van der Waals surface area contributed by atoms with Crippen molar-refractivity contribution in [3.8, 4) is 11.4 Å². The van der Waals surface area contributed by atoms with E-state index in [1.807, 2.05) is 42.5 Å². The number of aromatic nitrogens is 3. The molecule has 0 fully saturated rings. The minimum Gasteiger partial charge on any atom is -0.266 e. The Morgan fingerprint density at radius 1 is 1.17 bits per heavy atom. The molecule has 2 aromatic heterocycles. The molecular formula is C17H9BrClN3OS. The van der Waals surface area contributed by atoms with E-state index >= 15 is 0 Å². The van der Waals surface area contributed by atoms with E-state index in [4.69, 9.17) is 11.6 Å². The molecule has 0 atom stereocenters. The molecule has 2 heterocycles. The molecule has 4 aromatic rings. The van der Waals surface area contributed by atoms with E-state index in [9.17, 15) is 4.79 Å². The first-order valence-corrected chi connectivity index (χ1v) is 9.02. The van der Waals surface area contributed by atoms with Gasteiger partial charge in [-0.1, -0.05) is 51.0 Å². The first-order valence-electron chi connectivity index (χ1n) is 7.03. The molecule has 0 aliphatic carbocycles. The lowest BCUT2D eigenvalue weighted by Crippen LogP contribution is -2.23. The molecule has 0 aliphatic heterocycles. The van der Waals surface area contributed by atoms with Gasteiger partial charge in [-0.3, -0.25) is 4.79 Å². The topological polar surface area (TPSA) is 47.3 Å². The van der Waals surface area contributed by atoms with E-state index in [1.165, 1.54) is 15.9 Å². The van der Waals surface area contributed by atoms with Crippen molar-refractivity contribution in [2.24, 2.45) is 0 Å². The van der Waals surface area contributed by atoms with Gasteiger partial charge >= 0.3 is 0 Å². The van der Waals surface area contributed by atoms with Gasteiger partial charge in [0.2, 0.25) is 4.96 Å². The van der Waals surface area contributed by atoms with E-state index in [-0.39, 0.29) is 5.56 Å². The maximum Gasteiger partial charge on any atom is 0.291 e. The van der Waals surface area contributed by atoms with Gasteiger partial charge in [-0.05, 0) is 48.0 Å². The zero-order valence-electron chi connectivity index (χ0n) is 12.1. The number of halogens is 2. The highest BCUT2D eigenvalue weighted by Gasteiger charge is 2.11. The van der Waals surface area contributed by atoms with Crippen molar-refractivity contribution in [1.82, 2.24) is 14.6 Å². The van der Waals surface area contributed by atoms with Crippen LogP contribution in [0.3, 0.4) is 0 Å².